The highest BCUT2D eigenvalue weighted by molar-refractivity contribution is 5.96. The van der Waals surface area contributed by atoms with Gasteiger partial charge in [0.2, 0.25) is 5.91 Å². The molecule has 1 heterocycles. The molecule has 132 valence electrons. The fourth-order valence-corrected chi connectivity index (χ4v) is 2.56. The molecule has 6 nitrogen and oxygen atoms in total. The van der Waals surface area contributed by atoms with E-state index in [1.165, 1.54) is 6.07 Å². The maximum atomic E-state index is 12.6. The van der Waals surface area contributed by atoms with Crippen LogP contribution in [0, 0.1) is 0 Å². The van der Waals surface area contributed by atoms with E-state index in [-0.39, 0.29) is 17.4 Å². The number of hydrogen-bond donors (Lipinski definition) is 2. The van der Waals surface area contributed by atoms with E-state index in [1.807, 2.05) is 55.5 Å². The normalized spacial score (nSPS) is 11.6. The van der Waals surface area contributed by atoms with Gasteiger partial charge in [-0.15, -0.1) is 0 Å². The number of ether oxygens (including phenoxy) is 1. The van der Waals surface area contributed by atoms with Gasteiger partial charge >= 0.3 is 0 Å². The first kappa shape index (κ1) is 17.4. The second-order valence-corrected chi connectivity index (χ2v) is 5.87. The summed E-state index contributed by atoms with van der Waals surface area (Å²) in [4.78, 5) is 23.7. The molecule has 26 heavy (non-hydrogen) atoms. The first-order valence-electron chi connectivity index (χ1n) is 8.18. The van der Waals surface area contributed by atoms with E-state index in [2.05, 4.69) is 15.5 Å². The van der Waals surface area contributed by atoms with E-state index in [4.69, 9.17) is 4.74 Å². The van der Waals surface area contributed by atoms with Crippen LogP contribution in [-0.2, 0) is 4.79 Å². The number of carbonyl (C=O) groups excluding carboxylic acids is 1. The summed E-state index contributed by atoms with van der Waals surface area (Å²) in [6, 6.07) is 17.8. The Morgan fingerprint density at radius 3 is 2.54 bits per heavy atom. The highest BCUT2D eigenvalue weighted by atomic mass is 16.5. The van der Waals surface area contributed by atoms with Crippen molar-refractivity contribution in [1.82, 2.24) is 10.2 Å². The molecule has 0 saturated heterocycles. The lowest BCUT2D eigenvalue weighted by Gasteiger charge is -2.13. The van der Waals surface area contributed by atoms with Crippen LogP contribution in [0.25, 0.3) is 11.3 Å². The van der Waals surface area contributed by atoms with Gasteiger partial charge in [0.1, 0.15) is 5.75 Å². The number of anilines is 1. The quantitative estimate of drug-likeness (QED) is 0.741. The van der Waals surface area contributed by atoms with Crippen LogP contribution >= 0.6 is 0 Å². The van der Waals surface area contributed by atoms with E-state index in [0.29, 0.717) is 11.4 Å². The average molecular weight is 349 g/mol. The maximum absolute atomic E-state index is 12.6. The largest absolute Gasteiger partial charge is 0.497 e. The van der Waals surface area contributed by atoms with Crippen molar-refractivity contribution in [1.29, 1.82) is 0 Å². The van der Waals surface area contributed by atoms with Gasteiger partial charge in [0.25, 0.3) is 5.56 Å². The molecule has 0 unspecified atom stereocenters. The summed E-state index contributed by atoms with van der Waals surface area (Å²) >= 11 is 0. The molecule has 1 amide bonds. The minimum atomic E-state index is -0.309. The van der Waals surface area contributed by atoms with Crippen LogP contribution in [0.2, 0.25) is 0 Å². The number of nitrogens with zero attached hydrogens (tertiary/aromatic N) is 1. The highest BCUT2D eigenvalue weighted by Crippen LogP contribution is 2.23. The Bertz CT molecular complexity index is 944. The molecule has 3 aromatic rings. The Morgan fingerprint density at radius 2 is 1.88 bits per heavy atom. The summed E-state index contributed by atoms with van der Waals surface area (Å²) in [7, 11) is 1.61. The van der Waals surface area contributed by atoms with Gasteiger partial charge in [-0.1, -0.05) is 24.3 Å². The zero-order valence-electron chi connectivity index (χ0n) is 14.5. The number of aromatic amines is 1. The first-order valence-corrected chi connectivity index (χ1v) is 8.18. The van der Waals surface area contributed by atoms with Crippen LogP contribution in [-0.4, -0.2) is 23.2 Å². The van der Waals surface area contributed by atoms with Crippen molar-refractivity contribution in [3.63, 3.8) is 0 Å². The number of nitrogens with one attached hydrogen (secondary N) is 2. The number of H-pyrrole nitrogens is 1. The first-order chi connectivity index (χ1) is 12.6. The Labute approximate surface area is 150 Å². The molecule has 0 fully saturated rings. The van der Waals surface area contributed by atoms with Crippen molar-refractivity contribution in [2.45, 2.75) is 12.8 Å². The topological polar surface area (TPSA) is 84.1 Å². The van der Waals surface area contributed by atoms with Gasteiger partial charge in [0, 0.05) is 17.3 Å². The van der Waals surface area contributed by atoms with Crippen molar-refractivity contribution in [2.75, 3.05) is 12.4 Å². The Kier molecular flexibility index (Phi) is 5.12. The summed E-state index contributed by atoms with van der Waals surface area (Å²) in [6.45, 7) is 1.85. The lowest BCUT2D eigenvalue weighted by atomic mass is 10.00. The number of methoxy groups -OCH3 is 1. The Balaban J connectivity index is 1.75. The number of carbonyl (C=O) groups is 1. The summed E-state index contributed by atoms with van der Waals surface area (Å²) < 4.78 is 5.14. The van der Waals surface area contributed by atoms with E-state index < -0.39 is 0 Å². The Morgan fingerprint density at radius 1 is 1.12 bits per heavy atom. The van der Waals surface area contributed by atoms with E-state index in [0.717, 1.165) is 16.9 Å². The lowest BCUT2D eigenvalue weighted by molar-refractivity contribution is -0.117. The molecule has 1 atom stereocenters. The van der Waals surface area contributed by atoms with E-state index in [1.54, 1.807) is 13.2 Å². The maximum Gasteiger partial charge on any atom is 0.264 e. The third-order valence-corrected chi connectivity index (χ3v) is 4.11. The van der Waals surface area contributed by atoms with Gasteiger partial charge in [-0.05, 0) is 42.8 Å². The van der Waals surface area contributed by atoms with Crippen molar-refractivity contribution in [3.05, 3.63) is 76.6 Å². The summed E-state index contributed by atoms with van der Waals surface area (Å²) in [5, 5.41) is 9.33. The molecular weight excluding hydrogens is 330 g/mol. The van der Waals surface area contributed by atoms with Crippen LogP contribution in [0.1, 0.15) is 18.4 Å². The van der Waals surface area contributed by atoms with Gasteiger partial charge in [-0.3, -0.25) is 9.59 Å². The molecule has 0 aliphatic heterocycles. The van der Waals surface area contributed by atoms with Gasteiger partial charge in [0.15, 0.2) is 0 Å². The molecule has 0 spiro atoms. The standard InChI is InChI=1S/C20H19N3O3/c1-13(14-6-8-17(26-2)9-7-14)20(25)21-16-5-3-4-15(12-16)18-10-11-19(24)23-22-18/h3-13H,1-2H3,(H,21,25)(H,23,24)/t13-/m0/s1. The Hall–Kier alpha value is -3.41. The van der Waals surface area contributed by atoms with E-state index >= 15 is 0 Å². The second-order valence-electron chi connectivity index (χ2n) is 5.87. The van der Waals surface area contributed by atoms with Crippen LogP contribution < -0.4 is 15.6 Å². The molecular formula is C20H19N3O3. The number of hydrogen-bond acceptors (Lipinski definition) is 4. The van der Waals surface area contributed by atoms with Gasteiger partial charge in [0.05, 0.1) is 18.7 Å². The van der Waals surface area contributed by atoms with Crippen LogP contribution in [0.15, 0.2) is 65.5 Å². The SMILES string of the molecule is COc1ccc([C@H](C)C(=O)Nc2cccc(-c3ccc(=O)[nH]n3)c2)cc1. The third-order valence-electron chi connectivity index (χ3n) is 4.11. The average Bonchev–Trinajstić information content (AvgIpc) is 2.68. The van der Waals surface area contributed by atoms with E-state index in [9.17, 15) is 9.59 Å². The van der Waals surface area contributed by atoms with Gasteiger partial charge < -0.3 is 10.1 Å². The summed E-state index contributed by atoms with van der Waals surface area (Å²) in [6.07, 6.45) is 0. The van der Waals surface area contributed by atoms with Crippen molar-refractivity contribution < 1.29 is 9.53 Å². The van der Waals surface area contributed by atoms with Gasteiger partial charge in [-0.25, -0.2) is 5.10 Å². The molecule has 0 bridgehead atoms. The van der Waals surface area contributed by atoms with Crippen LogP contribution in [0.4, 0.5) is 5.69 Å². The predicted molar refractivity (Wildman–Crippen MR) is 100 cm³/mol. The molecule has 0 radical (unpaired) electrons. The molecule has 0 aliphatic rings. The van der Waals surface area contributed by atoms with Crippen molar-refractivity contribution in [2.24, 2.45) is 0 Å². The minimum Gasteiger partial charge on any atom is -0.497 e. The molecule has 3 rings (SSSR count). The molecule has 0 aliphatic carbocycles. The molecule has 1 aromatic heterocycles. The molecule has 2 N–H and O–H groups in total. The predicted octanol–water partition coefficient (Wildman–Crippen LogP) is 3.19. The van der Waals surface area contributed by atoms with Crippen LogP contribution in [0.3, 0.4) is 0 Å². The number of amides is 1. The highest BCUT2D eigenvalue weighted by Gasteiger charge is 2.15. The fourth-order valence-electron chi connectivity index (χ4n) is 2.56. The molecule has 2 aromatic carbocycles. The molecule has 0 saturated carbocycles. The monoisotopic (exact) mass is 349 g/mol. The number of benzene rings is 2. The fraction of sp³-hybridized carbons (Fsp3) is 0.150. The summed E-state index contributed by atoms with van der Waals surface area (Å²) in [5.41, 5.74) is 2.74. The summed E-state index contributed by atoms with van der Waals surface area (Å²) in [5.74, 6) is 0.333. The number of rotatable bonds is 5. The number of aromatic nitrogens is 2. The lowest BCUT2D eigenvalue weighted by Crippen LogP contribution is -2.18. The zero-order chi connectivity index (χ0) is 18.5. The third kappa shape index (κ3) is 3.97. The zero-order valence-corrected chi connectivity index (χ0v) is 14.5. The smallest absolute Gasteiger partial charge is 0.264 e. The molecule has 6 heteroatoms. The van der Waals surface area contributed by atoms with Crippen molar-refractivity contribution >= 4 is 11.6 Å². The minimum absolute atomic E-state index is 0.109. The van der Waals surface area contributed by atoms with Crippen molar-refractivity contribution in [3.8, 4) is 17.0 Å². The van der Waals surface area contributed by atoms with Crippen LogP contribution in [0.5, 0.6) is 5.75 Å². The van der Waals surface area contributed by atoms with Gasteiger partial charge in [-0.2, -0.15) is 5.10 Å². The second kappa shape index (κ2) is 7.65.